The number of anilines is 2. The summed E-state index contributed by atoms with van der Waals surface area (Å²) >= 11 is 0. The fourth-order valence-corrected chi connectivity index (χ4v) is 1.39. The second kappa shape index (κ2) is 6.24. The number of rotatable bonds is 6. The zero-order chi connectivity index (χ0) is 12.0. The van der Waals surface area contributed by atoms with Crippen molar-refractivity contribution in [1.29, 1.82) is 0 Å². The predicted molar refractivity (Wildman–Crippen MR) is 64.1 cm³/mol. The van der Waals surface area contributed by atoms with Crippen LogP contribution < -0.4 is 16.6 Å². The Kier molecular flexibility index (Phi) is 4.94. The molecule has 1 heterocycles. The molecule has 1 atom stereocenters. The second-order valence-corrected chi connectivity index (χ2v) is 3.78. The summed E-state index contributed by atoms with van der Waals surface area (Å²) < 4.78 is 5.06. The van der Waals surface area contributed by atoms with Crippen molar-refractivity contribution in [2.75, 3.05) is 31.0 Å². The molecular weight excluding hydrogens is 206 g/mol. The molecule has 6 heteroatoms. The second-order valence-electron chi connectivity index (χ2n) is 3.78. The first kappa shape index (κ1) is 12.7. The number of hydrogen-bond acceptors (Lipinski definition) is 6. The van der Waals surface area contributed by atoms with Crippen molar-refractivity contribution in [3.8, 4) is 0 Å². The molecule has 0 radical (unpaired) electrons. The number of nitrogens with one attached hydrogen (secondary N) is 2. The van der Waals surface area contributed by atoms with Crippen molar-refractivity contribution in [2.45, 2.75) is 13.8 Å². The summed E-state index contributed by atoms with van der Waals surface area (Å²) in [7, 11) is 1.70. The van der Waals surface area contributed by atoms with Gasteiger partial charge in [-0.25, -0.2) is 15.8 Å². The fraction of sp³-hybridized carbons (Fsp3) is 0.600. The molecule has 1 rings (SSSR count). The highest BCUT2D eigenvalue weighted by molar-refractivity contribution is 5.55. The van der Waals surface area contributed by atoms with Gasteiger partial charge in [-0.1, -0.05) is 6.92 Å². The Labute approximate surface area is 95.6 Å². The van der Waals surface area contributed by atoms with Crippen LogP contribution in [0.4, 0.5) is 11.6 Å². The van der Waals surface area contributed by atoms with Crippen LogP contribution in [0.15, 0.2) is 6.33 Å². The maximum atomic E-state index is 5.34. The van der Waals surface area contributed by atoms with Crippen LogP contribution in [0, 0.1) is 12.8 Å². The molecule has 0 saturated heterocycles. The number of methoxy groups -OCH3 is 1. The zero-order valence-corrected chi connectivity index (χ0v) is 9.95. The van der Waals surface area contributed by atoms with E-state index in [0.29, 0.717) is 11.7 Å². The van der Waals surface area contributed by atoms with E-state index in [1.165, 1.54) is 6.33 Å². The highest BCUT2D eigenvalue weighted by Gasteiger charge is 2.07. The van der Waals surface area contributed by atoms with Crippen molar-refractivity contribution < 1.29 is 4.74 Å². The Morgan fingerprint density at radius 3 is 2.75 bits per heavy atom. The quantitative estimate of drug-likeness (QED) is 0.489. The van der Waals surface area contributed by atoms with Gasteiger partial charge in [0.05, 0.1) is 6.61 Å². The maximum Gasteiger partial charge on any atom is 0.148 e. The molecule has 0 aliphatic heterocycles. The molecular formula is C10H19N5O. The van der Waals surface area contributed by atoms with Crippen LogP contribution >= 0.6 is 0 Å². The van der Waals surface area contributed by atoms with E-state index in [-0.39, 0.29) is 0 Å². The zero-order valence-electron chi connectivity index (χ0n) is 9.95. The standard InChI is InChI=1S/C10H19N5O/c1-7(5-16-3)4-12-9-8(2)10(15-11)14-6-13-9/h6-7H,4-5,11H2,1-3H3,(H2,12,13,14,15). The van der Waals surface area contributed by atoms with Gasteiger partial charge < -0.3 is 15.5 Å². The third-order valence-electron chi connectivity index (χ3n) is 2.29. The minimum absolute atomic E-state index is 0.425. The first-order valence-corrected chi connectivity index (χ1v) is 5.20. The maximum absolute atomic E-state index is 5.34. The van der Waals surface area contributed by atoms with Gasteiger partial charge in [-0.2, -0.15) is 0 Å². The molecule has 1 aromatic heterocycles. The molecule has 0 spiro atoms. The first-order valence-electron chi connectivity index (χ1n) is 5.20. The highest BCUT2D eigenvalue weighted by Crippen LogP contribution is 2.17. The van der Waals surface area contributed by atoms with Gasteiger partial charge >= 0.3 is 0 Å². The Morgan fingerprint density at radius 2 is 2.12 bits per heavy atom. The average molecular weight is 225 g/mol. The highest BCUT2D eigenvalue weighted by atomic mass is 16.5. The van der Waals surface area contributed by atoms with Crippen molar-refractivity contribution >= 4 is 11.6 Å². The number of nitrogen functional groups attached to an aromatic ring is 1. The minimum atomic E-state index is 0.425. The van der Waals surface area contributed by atoms with Gasteiger partial charge in [0.2, 0.25) is 0 Å². The lowest BCUT2D eigenvalue weighted by atomic mass is 10.2. The molecule has 0 aliphatic rings. The lowest BCUT2D eigenvalue weighted by Gasteiger charge is -2.14. The Morgan fingerprint density at radius 1 is 1.44 bits per heavy atom. The van der Waals surface area contributed by atoms with E-state index in [4.69, 9.17) is 10.6 Å². The van der Waals surface area contributed by atoms with Crippen molar-refractivity contribution in [1.82, 2.24) is 9.97 Å². The number of nitrogens with zero attached hydrogens (tertiary/aromatic N) is 2. The normalized spacial score (nSPS) is 12.2. The molecule has 90 valence electrons. The van der Waals surface area contributed by atoms with Gasteiger partial charge in [0, 0.05) is 19.2 Å². The van der Waals surface area contributed by atoms with E-state index >= 15 is 0 Å². The summed E-state index contributed by atoms with van der Waals surface area (Å²) in [5.74, 6) is 7.19. The number of hydrogen-bond donors (Lipinski definition) is 3. The molecule has 16 heavy (non-hydrogen) atoms. The number of aromatic nitrogens is 2. The van der Waals surface area contributed by atoms with Gasteiger partial charge in [0.1, 0.15) is 18.0 Å². The fourth-order valence-electron chi connectivity index (χ4n) is 1.39. The van der Waals surface area contributed by atoms with E-state index in [9.17, 15) is 0 Å². The van der Waals surface area contributed by atoms with Crippen molar-refractivity contribution in [2.24, 2.45) is 11.8 Å². The number of nitrogens with two attached hydrogens (primary N) is 1. The summed E-state index contributed by atoms with van der Waals surface area (Å²) in [6, 6.07) is 0. The minimum Gasteiger partial charge on any atom is -0.384 e. The predicted octanol–water partition coefficient (Wildman–Crippen LogP) is 0.765. The molecule has 0 fully saturated rings. The van der Waals surface area contributed by atoms with E-state index in [2.05, 4.69) is 27.6 Å². The summed E-state index contributed by atoms with van der Waals surface area (Å²) in [6.45, 7) is 5.54. The monoisotopic (exact) mass is 225 g/mol. The Hall–Kier alpha value is -1.40. The van der Waals surface area contributed by atoms with Gasteiger partial charge in [0.25, 0.3) is 0 Å². The molecule has 0 saturated carbocycles. The summed E-state index contributed by atoms with van der Waals surface area (Å²) in [4.78, 5) is 8.17. The van der Waals surface area contributed by atoms with Crippen molar-refractivity contribution in [3.63, 3.8) is 0 Å². The average Bonchev–Trinajstić information content (AvgIpc) is 2.28. The van der Waals surface area contributed by atoms with E-state index in [1.807, 2.05) is 6.92 Å². The summed E-state index contributed by atoms with van der Waals surface area (Å²) in [6.07, 6.45) is 1.48. The largest absolute Gasteiger partial charge is 0.384 e. The Bertz CT molecular complexity index is 331. The van der Waals surface area contributed by atoms with Gasteiger partial charge in [0.15, 0.2) is 0 Å². The molecule has 0 amide bonds. The van der Waals surface area contributed by atoms with Crippen LogP contribution in [0.25, 0.3) is 0 Å². The summed E-state index contributed by atoms with van der Waals surface area (Å²) in [5.41, 5.74) is 3.44. The van der Waals surface area contributed by atoms with E-state index < -0.39 is 0 Å². The van der Waals surface area contributed by atoms with Gasteiger partial charge in [-0.05, 0) is 12.8 Å². The van der Waals surface area contributed by atoms with Gasteiger partial charge in [-0.15, -0.1) is 0 Å². The van der Waals surface area contributed by atoms with Crippen LogP contribution in [0.1, 0.15) is 12.5 Å². The molecule has 0 bridgehead atoms. The molecule has 1 aromatic rings. The number of hydrazine groups is 1. The molecule has 4 N–H and O–H groups in total. The third-order valence-corrected chi connectivity index (χ3v) is 2.29. The molecule has 0 aliphatic carbocycles. The van der Waals surface area contributed by atoms with E-state index in [1.54, 1.807) is 7.11 Å². The van der Waals surface area contributed by atoms with E-state index in [0.717, 1.165) is 24.5 Å². The van der Waals surface area contributed by atoms with Crippen LogP contribution in [0.3, 0.4) is 0 Å². The lowest BCUT2D eigenvalue weighted by molar-refractivity contribution is 0.164. The van der Waals surface area contributed by atoms with Crippen LogP contribution in [0.2, 0.25) is 0 Å². The van der Waals surface area contributed by atoms with Crippen LogP contribution in [-0.2, 0) is 4.74 Å². The van der Waals surface area contributed by atoms with Crippen molar-refractivity contribution in [3.05, 3.63) is 11.9 Å². The molecule has 0 aromatic carbocycles. The molecule has 6 nitrogen and oxygen atoms in total. The third kappa shape index (κ3) is 3.32. The van der Waals surface area contributed by atoms with Gasteiger partial charge in [-0.3, -0.25) is 0 Å². The van der Waals surface area contributed by atoms with Crippen LogP contribution in [-0.4, -0.2) is 30.2 Å². The topological polar surface area (TPSA) is 85.1 Å². The SMILES string of the molecule is COCC(C)CNc1ncnc(NN)c1C. The first-order chi connectivity index (χ1) is 7.69. The summed E-state index contributed by atoms with van der Waals surface area (Å²) in [5, 5.41) is 3.25. The number of ether oxygens (including phenoxy) is 1. The molecule has 1 unspecified atom stereocenters. The Balaban J connectivity index is 2.60. The van der Waals surface area contributed by atoms with Crippen LogP contribution in [0.5, 0.6) is 0 Å². The lowest BCUT2D eigenvalue weighted by Crippen LogP contribution is -2.18. The smallest absolute Gasteiger partial charge is 0.148 e.